The molecule has 0 saturated heterocycles. The van der Waals surface area contributed by atoms with E-state index in [0.29, 0.717) is 11.3 Å². The van der Waals surface area contributed by atoms with E-state index in [-0.39, 0.29) is 12.4 Å². The first-order chi connectivity index (χ1) is 10.1. The molecule has 110 valence electrons. The van der Waals surface area contributed by atoms with Crippen molar-refractivity contribution in [1.82, 2.24) is 0 Å². The van der Waals surface area contributed by atoms with Crippen LogP contribution >= 0.6 is 15.9 Å². The van der Waals surface area contributed by atoms with Crippen molar-refractivity contribution in [3.63, 3.8) is 0 Å². The van der Waals surface area contributed by atoms with Gasteiger partial charge in [-0.05, 0) is 46.1 Å². The summed E-state index contributed by atoms with van der Waals surface area (Å²) in [6.45, 7) is 2.09. The number of hydrogen-bond donors (Lipinski definition) is 0. The number of hydrogen-bond acceptors (Lipinski definition) is 3. The Kier molecular flexibility index (Phi) is 5.39. The van der Waals surface area contributed by atoms with Crippen LogP contribution in [0.25, 0.3) is 0 Å². The minimum atomic E-state index is -0.0413. The summed E-state index contributed by atoms with van der Waals surface area (Å²) in [6, 6.07) is 13.0. The number of benzene rings is 2. The van der Waals surface area contributed by atoms with Crippen molar-refractivity contribution >= 4 is 21.7 Å². The maximum atomic E-state index is 12.1. The van der Waals surface area contributed by atoms with Gasteiger partial charge < -0.3 is 9.47 Å². The molecule has 0 atom stereocenters. The average molecular weight is 349 g/mol. The summed E-state index contributed by atoms with van der Waals surface area (Å²) >= 11 is 3.40. The Morgan fingerprint density at radius 2 is 1.86 bits per heavy atom. The topological polar surface area (TPSA) is 35.5 Å². The van der Waals surface area contributed by atoms with Crippen molar-refractivity contribution in [3.05, 3.63) is 58.1 Å². The van der Waals surface area contributed by atoms with E-state index in [1.54, 1.807) is 25.3 Å². The Morgan fingerprint density at radius 3 is 2.43 bits per heavy atom. The SMILES string of the molecule is CCc1ccc(C(=O)COc2ccc(OC)cc2Br)cc1. The fourth-order valence-corrected chi connectivity index (χ4v) is 2.35. The third-order valence-electron chi connectivity index (χ3n) is 3.18. The first-order valence-corrected chi connectivity index (χ1v) is 7.51. The van der Waals surface area contributed by atoms with Crippen LogP contribution in [0.3, 0.4) is 0 Å². The highest BCUT2D eigenvalue weighted by molar-refractivity contribution is 9.10. The number of rotatable bonds is 6. The van der Waals surface area contributed by atoms with Gasteiger partial charge in [-0.25, -0.2) is 0 Å². The molecule has 2 aromatic carbocycles. The Balaban J connectivity index is 2.00. The third kappa shape index (κ3) is 4.08. The van der Waals surface area contributed by atoms with Gasteiger partial charge in [0.25, 0.3) is 0 Å². The molecule has 0 spiro atoms. The molecular weight excluding hydrogens is 332 g/mol. The maximum Gasteiger partial charge on any atom is 0.200 e. The molecule has 0 N–H and O–H groups in total. The molecule has 0 amide bonds. The summed E-state index contributed by atoms with van der Waals surface area (Å²) in [5.41, 5.74) is 1.88. The number of methoxy groups -OCH3 is 1. The molecule has 2 rings (SSSR count). The van der Waals surface area contributed by atoms with E-state index in [0.717, 1.165) is 16.6 Å². The van der Waals surface area contributed by atoms with Crippen LogP contribution < -0.4 is 9.47 Å². The fraction of sp³-hybridized carbons (Fsp3) is 0.235. The van der Waals surface area contributed by atoms with Gasteiger partial charge in [0.1, 0.15) is 11.5 Å². The first-order valence-electron chi connectivity index (χ1n) is 6.72. The Hall–Kier alpha value is -1.81. The van der Waals surface area contributed by atoms with Gasteiger partial charge in [0.05, 0.1) is 11.6 Å². The van der Waals surface area contributed by atoms with E-state index in [9.17, 15) is 4.79 Å². The number of carbonyl (C=O) groups is 1. The predicted molar refractivity (Wildman–Crippen MR) is 86.3 cm³/mol. The molecule has 0 unspecified atom stereocenters. The van der Waals surface area contributed by atoms with Crippen molar-refractivity contribution < 1.29 is 14.3 Å². The number of Topliss-reactive ketones (excluding diaryl/α,β-unsaturated/α-hetero) is 1. The normalized spacial score (nSPS) is 10.2. The second-order valence-corrected chi connectivity index (χ2v) is 5.41. The first kappa shape index (κ1) is 15.6. The van der Waals surface area contributed by atoms with Crippen LogP contribution in [0.4, 0.5) is 0 Å². The second kappa shape index (κ2) is 7.27. The lowest BCUT2D eigenvalue weighted by atomic mass is 10.1. The molecule has 4 heteroatoms. The van der Waals surface area contributed by atoms with Gasteiger partial charge in [-0.3, -0.25) is 4.79 Å². The number of halogens is 1. The molecule has 3 nitrogen and oxygen atoms in total. The predicted octanol–water partition coefficient (Wildman–Crippen LogP) is 4.28. The quantitative estimate of drug-likeness (QED) is 0.730. The minimum Gasteiger partial charge on any atom is -0.497 e. The second-order valence-electron chi connectivity index (χ2n) is 4.56. The fourth-order valence-electron chi connectivity index (χ4n) is 1.88. The maximum absolute atomic E-state index is 12.1. The molecule has 0 radical (unpaired) electrons. The molecule has 0 aliphatic heterocycles. The number of carbonyl (C=O) groups excluding carboxylic acids is 1. The van der Waals surface area contributed by atoms with Crippen molar-refractivity contribution in [3.8, 4) is 11.5 Å². The van der Waals surface area contributed by atoms with E-state index in [2.05, 4.69) is 22.9 Å². The molecule has 0 bridgehead atoms. The van der Waals surface area contributed by atoms with E-state index >= 15 is 0 Å². The van der Waals surface area contributed by atoms with Crippen molar-refractivity contribution in [2.75, 3.05) is 13.7 Å². The Labute approximate surface area is 133 Å². The molecule has 2 aromatic rings. The van der Waals surface area contributed by atoms with Crippen LogP contribution in [0.2, 0.25) is 0 Å². The molecular formula is C17H17BrO3. The summed E-state index contributed by atoms with van der Waals surface area (Å²) in [4.78, 5) is 12.1. The monoisotopic (exact) mass is 348 g/mol. The lowest BCUT2D eigenvalue weighted by Crippen LogP contribution is -2.11. The lowest BCUT2D eigenvalue weighted by molar-refractivity contribution is 0.0921. The minimum absolute atomic E-state index is 0.0103. The summed E-state index contributed by atoms with van der Waals surface area (Å²) in [5.74, 6) is 1.31. The number of aryl methyl sites for hydroxylation is 1. The van der Waals surface area contributed by atoms with E-state index in [1.807, 2.05) is 24.3 Å². The van der Waals surface area contributed by atoms with Crippen LogP contribution in [-0.2, 0) is 6.42 Å². The van der Waals surface area contributed by atoms with Crippen LogP contribution in [0.15, 0.2) is 46.9 Å². The van der Waals surface area contributed by atoms with Gasteiger partial charge in [0, 0.05) is 5.56 Å². The van der Waals surface area contributed by atoms with Gasteiger partial charge in [-0.1, -0.05) is 31.2 Å². The van der Waals surface area contributed by atoms with Crippen LogP contribution in [-0.4, -0.2) is 19.5 Å². The van der Waals surface area contributed by atoms with Crippen molar-refractivity contribution in [2.45, 2.75) is 13.3 Å². The molecule has 0 aliphatic rings. The van der Waals surface area contributed by atoms with Crippen LogP contribution in [0, 0.1) is 0 Å². The van der Waals surface area contributed by atoms with Gasteiger partial charge in [0.15, 0.2) is 12.4 Å². The smallest absolute Gasteiger partial charge is 0.200 e. The number of ether oxygens (including phenoxy) is 2. The van der Waals surface area contributed by atoms with Crippen molar-refractivity contribution in [2.24, 2.45) is 0 Å². The van der Waals surface area contributed by atoms with E-state index < -0.39 is 0 Å². The average Bonchev–Trinajstić information content (AvgIpc) is 2.53. The van der Waals surface area contributed by atoms with Gasteiger partial charge in [0.2, 0.25) is 0 Å². The zero-order valence-electron chi connectivity index (χ0n) is 12.1. The zero-order valence-corrected chi connectivity index (χ0v) is 13.6. The molecule has 0 aliphatic carbocycles. The largest absolute Gasteiger partial charge is 0.497 e. The molecule has 0 heterocycles. The highest BCUT2D eigenvalue weighted by atomic mass is 79.9. The summed E-state index contributed by atoms with van der Waals surface area (Å²) in [7, 11) is 1.60. The molecule has 0 aromatic heterocycles. The van der Waals surface area contributed by atoms with Gasteiger partial charge in [-0.15, -0.1) is 0 Å². The summed E-state index contributed by atoms with van der Waals surface area (Å²) < 4.78 is 11.4. The van der Waals surface area contributed by atoms with Gasteiger partial charge in [-0.2, -0.15) is 0 Å². The number of ketones is 1. The van der Waals surface area contributed by atoms with E-state index in [1.165, 1.54) is 5.56 Å². The molecule has 21 heavy (non-hydrogen) atoms. The van der Waals surface area contributed by atoms with Crippen LogP contribution in [0.5, 0.6) is 11.5 Å². The van der Waals surface area contributed by atoms with Crippen molar-refractivity contribution in [1.29, 1.82) is 0 Å². The Morgan fingerprint density at radius 1 is 1.14 bits per heavy atom. The van der Waals surface area contributed by atoms with Crippen LogP contribution in [0.1, 0.15) is 22.8 Å². The molecule has 0 saturated carbocycles. The zero-order chi connectivity index (χ0) is 15.2. The highest BCUT2D eigenvalue weighted by Crippen LogP contribution is 2.29. The third-order valence-corrected chi connectivity index (χ3v) is 3.80. The summed E-state index contributed by atoms with van der Waals surface area (Å²) in [5, 5.41) is 0. The van der Waals surface area contributed by atoms with Gasteiger partial charge >= 0.3 is 0 Å². The van der Waals surface area contributed by atoms with E-state index in [4.69, 9.17) is 9.47 Å². The molecule has 0 fully saturated rings. The lowest BCUT2D eigenvalue weighted by Gasteiger charge is -2.09. The highest BCUT2D eigenvalue weighted by Gasteiger charge is 2.09. The Bertz CT molecular complexity index is 620. The standard InChI is InChI=1S/C17H17BrO3/c1-3-12-4-6-13(7-5-12)16(19)11-21-17-9-8-14(20-2)10-15(17)18/h4-10H,3,11H2,1-2H3. The summed E-state index contributed by atoms with van der Waals surface area (Å²) in [6.07, 6.45) is 0.962.